The molecule has 2 heteroatoms. The van der Waals surface area contributed by atoms with Crippen LogP contribution >= 0.6 is 0 Å². The standard InChI is InChI=1S/C12H20N2/c1-9(14-6-2-5-13)12-8-10-3-4-11(12)7-10/h9-12,14H,2-4,6-8H2,1H3. The van der Waals surface area contributed by atoms with E-state index in [1.807, 2.05) is 0 Å². The van der Waals surface area contributed by atoms with Gasteiger partial charge < -0.3 is 5.32 Å². The van der Waals surface area contributed by atoms with Crippen LogP contribution in [0.4, 0.5) is 0 Å². The van der Waals surface area contributed by atoms with Crippen molar-refractivity contribution >= 4 is 0 Å². The summed E-state index contributed by atoms with van der Waals surface area (Å²) in [6, 6.07) is 2.81. The molecule has 0 amide bonds. The summed E-state index contributed by atoms with van der Waals surface area (Å²) in [5, 5.41) is 11.9. The second-order valence-electron chi connectivity index (χ2n) is 4.99. The Bertz CT molecular complexity index is 231. The number of nitrogens with one attached hydrogen (secondary N) is 1. The smallest absolute Gasteiger partial charge is 0.0635 e. The number of hydrogen-bond donors (Lipinski definition) is 1. The zero-order valence-corrected chi connectivity index (χ0v) is 9.00. The molecular formula is C12H20N2. The van der Waals surface area contributed by atoms with Gasteiger partial charge in [0.25, 0.3) is 0 Å². The lowest BCUT2D eigenvalue weighted by atomic mass is 9.84. The van der Waals surface area contributed by atoms with E-state index in [9.17, 15) is 0 Å². The van der Waals surface area contributed by atoms with E-state index in [4.69, 9.17) is 5.26 Å². The van der Waals surface area contributed by atoms with Crippen LogP contribution in [0.3, 0.4) is 0 Å². The minimum absolute atomic E-state index is 0.624. The fraction of sp³-hybridized carbons (Fsp3) is 0.917. The van der Waals surface area contributed by atoms with Gasteiger partial charge in [-0.05, 0) is 43.9 Å². The maximum atomic E-state index is 8.46. The lowest BCUT2D eigenvalue weighted by Gasteiger charge is -2.28. The monoisotopic (exact) mass is 192 g/mol. The Balaban J connectivity index is 1.76. The molecule has 0 aromatic carbocycles. The first-order valence-corrected chi connectivity index (χ1v) is 5.91. The maximum absolute atomic E-state index is 8.46. The highest BCUT2D eigenvalue weighted by Gasteiger charge is 2.41. The van der Waals surface area contributed by atoms with Gasteiger partial charge in [-0.1, -0.05) is 6.42 Å². The highest BCUT2D eigenvalue weighted by atomic mass is 14.9. The number of hydrogen-bond acceptors (Lipinski definition) is 2. The van der Waals surface area contributed by atoms with Crippen molar-refractivity contribution in [2.24, 2.45) is 17.8 Å². The van der Waals surface area contributed by atoms with Gasteiger partial charge in [-0.15, -0.1) is 0 Å². The topological polar surface area (TPSA) is 35.8 Å². The van der Waals surface area contributed by atoms with Gasteiger partial charge in [0, 0.05) is 19.0 Å². The normalized spacial score (nSPS) is 37.0. The van der Waals surface area contributed by atoms with Crippen molar-refractivity contribution in [3.63, 3.8) is 0 Å². The van der Waals surface area contributed by atoms with E-state index < -0.39 is 0 Å². The third-order valence-corrected chi connectivity index (χ3v) is 4.14. The molecule has 2 nitrogen and oxygen atoms in total. The summed E-state index contributed by atoms with van der Waals surface area (Å²) in [5.74, 6) is 2.92. The molecule has 0 aliphatic heterocycles. The number of fused-ring (bicyclic) bond motifs is 2. The van der Waals surface area contributed by atoms with E-state index in [1.54, 1.807) is 0 Å². The zero-order chi connectivity index (χ0) is 9.97. The molecule has 14 heavy (non-hydrogen) atoms. The summed E-state index contributed by atoms with van der Waals surface area (Å²) in [5.41, 5.74) is 0. The molecule has 4 atom stereocenters. The first-order chi connectivity index (χ1) is 6.81. The Morgan fingerprint density at radius 2 is 2.29 bits per heavy atom. The van der Waals surface area contributed by atoms with Crippen molar-refractivity contribution in [1.29, 1.82) is 5.26 Å². The molecular weight excluding hydrogens is 172 g/mol. The highest BCUT2D eigenvalue weighted by Crippen LogP contribution is 2.49. The lowest BCUT2D eigenvalue weighted by molar-refractivity contribution is 0.262. The largest absolute Gasteiger partial charge is 0.313 e. The van der Waals surface area contributed by atoms with Gasteiger partial charge >= 0.3 is 0 Å². The predicted molar refractivity (Wildman–Crippen MR) is 56.6 cm³/mol. The average Bonchev–Trinajstić information content (AvgIpc) is 2.79. The number of nitrogens with zero attached hydrogens (tertiary/aromatic N) is 1. The quantitative estimate of drug-likeness (QED) is 0.694. The molecule has 2 bridgehead atoms. The van der Waals surface area contributed by atoms with Crippen LogP contribution in [0.1, 0.15) is 39.0 Å². The van der Waals surface area contributed by atoms with Crippen LogP contribution in [0.5, 0.6) is 0 Å². The first-order valence-electron chi connectivity index (χ1n) is 5.91. The van der Waals surface area contributed by atoms with Gasteiger partial charge in [0.1, 0.15) is 0 Å². The Hall–Kier alpha value is -0.550. The van der Waals surface area contributed by atoms with Gasteiger partial charge in [0.15, 0.2) is 0 Å². The molecule has 0 spiro atoms. The van der Waals surface area contributed by atoms with Crippen molar-refractivity contribution in [2.75, 3.05) is 6.54 Å². The average molecular weight is 192 g/mol. The molecule has 2 aliphatic rings. The maximum Gasteiger partial charge on any atom is 0.0635 e. The summed E-state index contributed by atoms with van der Waals surface area (Å²) in [6.07, 6.45) is 6.50. The summed E-state index contributed by atoms with van der Waals surface area (Å²) in [7, 11) is 0. The molecule has 2 fully saturated rings. The van der Waals surface area contributed by atoms with Crippen LogP contribution in [-0.4, -0.2) is 12.6 Å². The Morgan fingerprint density at radius 1 is 1.43 bits per heavy atom. The van der Waals surface area contributed by atoms with Crippen LogP contribution < -0.4 is 5.32 Å². The summed E-state index contributed by atoms with van der Waals surface area (Å²) >= 11 is 0. The van der Waals surface area contributed by atoms with Crippen molar-refractivity contribution in [1.82, 2.24) is 5.32 Å². The van der Waals surface area contributed by atoms with Gasteiger partial charge in [0.05, 0.1) is 6.07 Å². The van der Waals surface area contributed by atoms with E-state index >= 15 is 0 Å². The fourth-order valence-electron chi connectivity index (χ4n) is 3.41. The predicted octanol–water partition coefficient (Wildman–Crippen LogP) is 2.31. The zero-order valence-electron chi connectivity index (χ0n) is 9.00. The molecule has 2 saturated carbocycles. The number of rotatable bonds is 4. The second kappa shape index (κ2) is 4.31. The molecule has 4 unspecified atom stereocenters. The first kappa shape index (κ1) is 9.98. The lowest BCUT2D eigenvalue weighted by Crippen LogP contribution is -2.36. The summed E-state index contributed by atoms with van der Waals surface area (Å²) in [6.45, 7) is 3.16. The van der Waals surface area contributed by atoms with Crippen molar-refractivity contribution < 1.29 is 0 Å². The molecule has 2 rings (SSSR count). The minimum atomic E-state index is 0.624. The Morgan fingerprint density at radius 3 is 2.86 bits per heavy atom. The SMILES string of the molecule is CC(NCCC#N)C1CC2CCC1C2. The molecule has 1 N–H and O–H groups in total. The van der Waals surface area contributed by atoms with Crippen molar-refractivity contribution in [3.05, 3.63) is 0 Å². The van der Waals surface area contributed by atoms with Gasteiger partial charge in [0.2, 0.25) is 0 Å². The number of nitriles is 1. The summed E-state index contributed by atoms with van der Waals surface area (Å²) < 4.78 is 0. The highest BCUT2D eigenvalue weighted by molar-refractivity contribution is 4.94. The van der Waals surface area contributed by atoms with Crippen LogP contribution in [0.2, 0.25) is 0 Å². The van der Waals surface area contributed by atoms with E-state index in [0.29, 0.717) is 12.5 Å². The van der Waals surface area contributed by atoms with Crippen LogP contribution in [0.15, 0.2) is 0 Å². The fourth-order valence-corrected chi connectivity index (χ4v) is 3.41. The van der Waals surface area contributed by atoms with E-state index in [1.165, 1.54) is 25.7 Å². The van der Waals surface area contributed by atoms with Crippen LogP contribution in [0, 0.1) is 29.1 Å². The Labute approximate surface area is 86.7 Å². The second-order valence-corrected chi connectivity index (χ2v) is 4.99. The van der Waals surface area contributed by atoms with Crippen molar-refractivity contribution in [3.8, 4) is 6.07 Å². The molecule has 0 saturated heterocycles. The third kappa shape index (κ3) is 1.93. The van der Waals surface area contributed by atoms with E-state index in [0.717, 1.165) is 24.3 Å². The molecule has 0 aromatic rings. The third-order valence-electron chi connectivity index (χ3n) is 4.14. The van der Waals surface area contributed by atoms with Crippen LogP contribution in [0.25, 0.3) is 0 Å². The molecule has 0 heterocycles. The molecule has 0 radical (unpaired) electrons. The van der Waals surface area contributed by atoms with Gasteiger partial charge in [-0.3, -0.25) is 0 Å². The molecule has 2 aliphatic carbocycles. The summed E-state index contributed by atoms with van der Waals surface area (Å²) in [4.78, 5) is 0. The molecule has 78 valence electrons. The Kier molecular flexibility index (Phi) is 3.08. The van der Waals surface area contributed by atoms with Crippen molar-refractivity contribution in [2.45, 2.75) is 45.1 Å². The van der Waals surface area contributed by atoms with Gasteiger partial charge in [-0.25, -0.2) is 0 Å². The van der Waals surface area contributed by atoms with Gasteiger partial charge in [-0.2, -0.15) is 5.26 Å². The van der Waals surface area contributed by atoms with Crippen LogP contribution in [-0.2, 0) is 0 Å². The molecule has 0 aromatic heterocycles. The minimum Gasteiger partial charge on any atom is -0.313 e. The van der Waals surface area contributed by atoms with E-state index in [2.05, 4.69) is 18.3 Å². The van der Waals surface area contributed by atoms with E-state index in [-0.39, 0.29) is 0 Å².